The number of fused-ring (bicyclic) bond motifs is 1. The van der Waals surface area contributed by atoms with Crippen LogP contribution in [-0.2, 0) is 10.0 Å². The quantitative estimate of drug-likeness (QED) is 0.806. The van der Waals surface area contributed by atoms with Crippen LogP contribution in [0, 0.1) is 0 Å². The van der Waals surface area contributed by atoms with Crippen LogP contribution in [0.1, 0.15) is 42.5 Å². The monoisotopic (exact) mass is 377 g/mol. The number of rotatable bonds is 3. The highest BCUT2D eigenvalue weighted by molar-refractivity contribution is 7.89. The third-order valence-corrected chi connectivity index (χ3v) is 7.77. The third kappa shape index (κ3) is 3.40. The summed E-state index contributed by atoms with van der Waals surface area (Å²) in [6.07, 6.45) is 5.50. The second-order valence-corrected chi connectivity index (χ2v) is 9.51. The van der Waals surface area contributed by atoms with Crippen molar-refractivity contribution >= 4 is 15.9 Å². The van der Waals surface area contributed by atoms with Gasteiger partial charge in [-0.05, 0) is 50.4 Å². The molecule has 3 saturated heterocycles. The Kier molecular flexibility index (Phi) is 5.03. The van der Waals surface area contributed by atoms with Crippen LogP contribution in [0.5, 0.6) is 0 Å². The minimum atomic E-state index is -3.56. The van der Waals surface area contributed by atoms with Crippen molar-refractivity contribution in [1.29, 1.82) is 0 Å². The van der Waals surface area contributed by atoms with Crippen LogP contribution in [-0.4, -0.2) is 73.7 Å². The van der Waals surface area contributed by atoms with Gasteiger partial charge in [0.2, 0.25) is 10.0 Å². The zero-order valence-corrected chi connectivity index (χ0v) is 16.0. The molecule has 4 rings (SSSR count). The summed E-state index contributed by atoms with van der Waals surface area (Å²) in [5, 5.41) is 0. The van der Waals surface area contributed by atoms with Crippen molar-refractivity contribution in [2.45, 2.75) is 43.0 Å². The molecule has 26 heavy (non-hydrogen) atoms. The minimum Gasteiger partial charge on any atom is -0.339 e. The highest BCUT2D eigenvalue weighted by atomic mass is 32.2. The smallest absolute Gasteiger partial charge is 0.253 e. The predicted molar refractivity (Wildman–Crippen MR) is 99.6 cm³/mol. The maximum atomic E-state index is 13.1. The van der Waals surface area contributed by atoms with E-state index in [1.54, 1.807) is 28.6 Å². The number of piperidine rings is 1. The lowest BCUT2D eigenvalue weighted by molar-refractivity contribution is 0.0792. The molecule has 1 aromatic rings. The van der Waals surface area contributed by atoms with Crippen LogP contribution in [0.2, 0.25) is 0 Å². The fraction of sp³-hybridized carbons (Fsp3) is 0.632. The first-order valence-corrected chi connectivity index (χ1v) is 11.1. The number of carbonyl (C=O) groups excluding carboxylic acids is 1. The van der Waals surface area contributed by atoms with Crippen molar-refractivity contribution in [2.75, 3.05) is 39.3 Å². The van der Waals surface area contributed by atoms with Crippen molar-refractivity contribution < 1.29 is 13.2 Å². The lowest BCUT2D eigenvalue weighted by Gasteiger charge is -2.43. The zero-order valence-electron chi connectivity index (χ0n) is 15.1. The Morgan fingerprint density at radius 1 is 0.962 bits per heavy atom. The largest absolute Gasteiger partial charge is 0.339 e. The van der Waals surface area contributed by atoms with E-state index in [2.05, 4.69) is 4.90 Å². The number of likely N-dealkylation sites (tertiary alicyclic amines) is 1. The fourth-order valence-corrected chi connectivity index (χ4v) is 5.90. The molecule has 7 heteroatoms. The molecule has 1 amide bonds. The van der Waals surface area contributed by atoms with Crippen LogP contribution in [0.15, 0.2) is 29.2 Å². The average Bonchev–Trinajstić information content (AvgIpc) is 3.22. The van der Waals surface area contributed by atoms with E-state index in [4.69, 9.17) is 0 Å². The molecule has 3 fully saturated rings. The zero-order chi connectivity index (χ0) is 18.1. The Morgan fingerprint density at radius 3 is 2.54 bits per heavy atom. The summed E-state index contributed by atoms with van der Waals surface area (Å²) >= 11 is 0. The minimum absolute atomic E-state index is 0.0587. The van der Waals surface area contributed by atoms with Crippen molar-refractivity contribution in [2.24, 2.45) is 0 Å². The number of hydrogen-bond acceptors (Lipinski definition) is 4. The van der Waals surface area contributed by atoms with Crippen molar-refractivity contribution in [3.05, 3.63) is 29.8 Å². The number of benzene rings is 1. The molecule has 3 aliphatic heterocycles. The summed E-state index contributed by atoms with van der Waals surface area (Å²) in [4.78, 5) is 17.1. The van der Waals surface area contributed by atoms with Crippen molar-refractivity contribution in [3.8, 4) is 0 Å². The topological polar surface area (TPSA) is 60.9 Å². The first-order chi connectivity index (χ1) is 12.6. The molecule has 1 aromatic carbocycles. The van der Waals surface area contributed by atoms with Crippen LogP contribution < -0.4 is 0 Å². The van der Waals surface area contributed by atoms with Gasteiger partial charge in [-0.25, -0.2) is 8.42 Å². The molecule has 0 aliphatic carbocycles. The molecular formula is C19H27N3O3S. The maximum Gasteiger partial charge on any atom is 0.253 e. The molecular weight excluding hydrogens is 350 g/mol. The van der Waals surface area contributed by atoms with Gasteiger partial charge in [0.15, 0.2) is 0 Å². The summed E-state index contributed by atoms with van der Waals surface area (Å²) in [5.74, 6) is -0.0587. The molecule has 6 nitrogen and oxygen atoms in total. The molecule has 0 saturated carbocycles. The maximum absolute atomic E-state index is 13.1. The summed E-state index contributed by atoms with van der Waals surface area (Å²) in [6.45, 7) is 4.50. The molecule has 0 aromatic heterocycles. The lowest BCUT2D eigenvalue weighted by Crippen LogP contribution is -2.56. The average molecular weight is 378 g/mol. The van der Waals surface area contributed by atoms with Crippen LogP contribution in [0.4, 0.5) is 0 Å². The second kappa shape index (κ2) is 7.29. The van der Waals surface area contributed by atoms with E-state index >= 15 is 0 Å². The Morgan fingerprint density at radius 2 is 1.73 bits per heavy atom. The first kappa shape index (κ1) is 17.9. The normalized spacial score (nSPS) is 25.2. The van der Waals surface area contributed by atoms with Gasteiger partial charge in [0.25, 0.3) is 5.91 Å². The van der Waals surface area contributed by atoms with Gasteiger partial charge in [0, 0.05) is 44.3 Å². The lowest BCUT2D eigenvalue weighted by atomic mass is 10.0. The highest BCUT2D eigenvalue weighted by Gasteiger charge is 2.35. The summed E-state index contributed by atoms with van der Waals surface area (Å²) < 4.78 is 27.9. The molecule has 3 aliphatic rings. The van der Waals surface area contributed by atoms with Gasteiger partial charge in [0.05, 0.1) is 4.90 Å². The summed E-state index contributed by atoms with van der Waals surface area (Å²) in [7, 11) is -3.56. The van der Waals surface area contributed by atoms with Gasteiger partial charge in [0.1, 0.15) is 0 Å². The van der Waals surface area contributed by atoms with Gasteiger partial charge in [-0.3, -0.25) is 9.69 Å². The van der Waals surface area contributed by atoms with Crippen molar-refractivity contribution in [1.82, 2.24) is 14.1 Å². The van der Waals surface area contributed by atoms with E-state index in [0.29, 0.717) is 24.7 Å². The van der Waals surface area contributed by atoms with E-state index in [0.717, 1.165) is 45.4 Å². The van der Waals surface area contributed by atoms with E-state index in [1.165, 1.54) is 12.8 Å². The van der Waals surface area contributed by atoms with Crippen molar-refractivity contribution in [3.63, 3.8) is 0 Å². The Bertz CT molecular complexity index is 774. The number of carbonyl (C=O) groups is 1. The molecule has 142 valence electrons. The van der Waals surface area contributed by atoms with E-state index < -0.39 is 10.0 Å². The van der Waals surface area contributed by atoms with Gasteiger partial charge in [-0.2, -0.15) is 4.31 Å². The molecule has 0 N–H and O–H groups in total. The SMILES string of the molecule is O=C(c1cccc(S(=O)(=O)N2CCN3CCCC[C@H]3C2)c1)N1CCCC1. The number of sulfonamides is 1. The molecule has 0 radical (unpaired) electrons. The summed E-state index contributed by atoms with van der Waals surface area (Å²) in [5.41, 5.74) is 0.476. The number of piperazine rings is 1. The Labute approximate surface area is 155 Å². The predicted octanol–water partition coefficient (Wildman–Crippen LogP) is 1.78. The third-order valence-electron chi connectivity index (χ3n) is 5.91. The first-order valence-electron chi connectivity index (χ1n) is 9.69. The van der Waals surface area contributed by atoms with Gasteiger partial charge in [-0.1, -0.05) is 12.5 Å². The van der Waals surface area contributed by atoms with Gasteiger partial charge < -0.3 is 4.90 Å². The molecule has 0 unspecified atom stereocenters. The van der Waals surface area contributed by atoms with E-state index in [9.17, 15) is 13.2 Å². The fourth-order valence-electron chi connectivity index (χ4n) is 4.39. The van der Waals surface area contributed by atoms with E-state index in [1.807, 2.05) is 4.90 Å². The number of amides is 1. The van der Waals surface area contributed by atoms with Crippen LogP contribution in [0.25, 0.3) is 0 Å². The highest BCUT2D eigenvalue weighted by Crippen LogP contribution is 2.26. The standard InChI is InChI=1S/C19H27N3O3S/c23-19(21-10-3-4-11-21)16-6-5-8-18(14-16)26(24,25)22-13-12-20-9-2-1-7-17(20)15-22/h5-6,8,14,17H,1-4,7,9-13,15H2/t17-/m0/s1. The summed E-state index contributed by atoms with van der Waals surface area (Å²) in [6, 6.07) is 6.92. The molecule has 3 heterocycles. The molecule has 0 spiro atoms. The molecule has 1 atom stereocenters. The van der Waals surface area contributed by atoms with Gasteiger partial charge >= 0.3 is 0 Å². The van der Waals surface area contributed by atoms with Gasteiger partial charge in [-0.15, -0.1) is 0 Å². The second-order valence-electron chi connectivity index (χ2n) is 7.58. The number of nitrogens with zero attached hydrogens (tertiary/aromatic N) is 3. The van der Waals surface area contributed by atoms with Crippen LogP contribution in [0.3, 0.4) is 0 Å². The van der Waals surface area contributed by atoms with Crippen LogP contribution >= 0.6 is 0 Å². The Balaban J connectivity index is 1.54. The number of hydrogen-bond donors (Lipinski definition) is 0. The van der Waals surface area contributed by atoms with E-state index in [-0.39, 0.29) is 10.8 Å². The molecule has 0 bridgehead atoms. The Hall–Kier alpha value is -1.44.